The molecule has 2 aliphatic heterocycles. The monoisotopic (exact) mass is 1290 g/mol. The minimum absolute atomic E-state index is 0.0180. The summed E-state index contributed by atoms with van der Waals surface area (Å²) in [5.41, 5.74) is -2.85. The molecule has 7 rings (SSSR count). The fourth-order valence-corrected chi connectivity index (χ4v) is 16.5. The first kappa shape index (κ1) is 72.7. The van der Waals surface area contributed by atoms with Gasteiger partial charge in [-0.1, -0.05) is 54.0 Å². The van der Waals surface area contributed by atoms with E-state index in [4.69, 9.17) is 42.6 Å². The molecule has 7 aliphatic rings. The van der Waals surface area contributed by atoms with E-state index in [2.05, 4.69) is 48.4 Å². The third-order valence-corrected chi connectivity index (χ3v) is 22.3. The van der Waals surface area contributed by atoms with E-state index in [0.29, 0.717) is 38.5 Å². The van der Waals surface area contributed by atoms with Crippen molar-refractivity contribution in [2.24, 2.45) is 50.2 Å². The van der Waals surface area contributed by atoms with Crippen molar-refractivity contribution in [2.45, 2.75) is 230 Å². The fourth-order valence-electron chi connectivity index (χ4n) is 16.5. The van der Waals surface area contributed by atoms with Crippen LogP contribution in [0.5, 0.6) is 0 Å². The van der Waals surface area contributed by atoms with Crippen molar-refractivity contribution in [3.63, 3.8) is 0 Å². The summed E-state index contributed by atoms with van der Waals surface area (Å²) >= 11 is 0. The SMILES string of the molecule is COC(=O)CC[C@H](NC(=O)[C@H]1O[C@@H](O[C@H]2[C@@H](O[C@H]3CC[C@]4(C)[C@H]5C(=O)C=C6[C@@H]7C[C@@](C)(C(=O)N[C@@H](CCC(=O)OC)C(=O)OC)CC[C@]7(C)CC[C@@]6(C)[C@]5(C)CC[C@H]4C3(C)C)O[C@H](C(=O)N[C@@H](CCC(=O)OC)C(=O)OC)[C@@H](O)[C@@H]2O)[C@H](O)[C@@H](O)[C@@H]1O)C(=O)OC. The van der Waals surface area contributed by atoms with Gasteiger partial charge in [-0.15, -0.1) is 0 Å². The summed E-state index contributed by atoms with van der Waals surface area (Å²) in [6, 6.07) is -4.09. The topological polar surface area (TPSA) is 400 Å². The molecule has 2 heterocycles. The van der Waals surface area contributed by atoms with Crippen LogP contribution in [0.15, 0.2) is 11.6 Å². The van der Waals surface area contributed by atoms with Crippen LogP contribution >= 0.6 is 0 Å². The molecule has 22 atom stereocenters. The number of hydrogen-bond donors (Lipinski definition) is 8. The Hall–Kier alpha value is -5.72. The normalized spacial score (nSPS) is 38.3. The number of fused-ring (bicyclic) bond motifs is 7. The first-order chi connectivity index (χ1) is 42.6. The van der Waals surface area contributed by atoms with Crippen molar-refractivity contribution in [1.82, 2.24) is 16.0 Å². The number of carbonyl (C=O) groups is 10. The molecular formula is C63H95N3O25. The van der Waals surface area contributed by atoms with Gasteiger partial charge in [0.1, 0.15) is 54.7 Å². The zero-order chi connectivity index (χ0) is 67.7. The Bertz CT molecular complexity index is 2800. The van der Waals surface area contributed by atoms with Crippen molar-refractivity contribution in [1.29, 1.82) is 0 Å². The molecule has 6 fully saturated rings. The maximum absolute atomic E-state index is 15.5. The van der Waals surface area contributed by atoms with Crippen LogP contribution in [-0.4, -0.2) is 213 Å². The highest BCUT2D eigenvalue weighted by molar-refractivity contribution is 5.96. The third-order valence-electron chi connectivity index (χ3n) is 22.3. The number of ether oxygens (including phenoxy) is 10. The molecule has 5 aliphatic carbocycles. The Morgan fingerprint density at radius 2 is 1.02 bits per heavy atom. The van der Waals surface area contributed by atoms with E-state index in [0.717, 1.165) is 46.9 Å². The summed E-state index contributed by atoms with van der Waals surface area (Å²) in [4.78, 5) is 133. The second-order valence-electron chi connectivity index (χ2n) is 27.7. The van der Waals surface area contributed by atoms with Gasteiger partial charge >= 0.3 is 35.8 Å². The number of aliphatic hydroxyl groups is 5. The van der Waals surface area contributed by atoms with Gasteiger partial charge in [0.15, 0.2) is 30.6 Å². The average molecular weight is 1290 g/mol. The Kier molecular flexibility index (Phi) is 22.7. The van der Waals surface area contributed by atoms with E-state index >= 15 is 4.79 Å². The standard InChI is InChI=1S/C63H95N3O25/c1-58(2)36-20-23-63(7)49(35(67)28-30-31-29-60(4,25-24-59(31,3)26-27-62(30,63)6)57(81)66-34(54(80)87-13)16-19-40(70)84-10)61(36,5)22-21-37(58)88-56-48(44(74)43(73)47(90-56)51(77)65-33(53(79)86-12)15-18-39(69)83-9)91-55-45(75)41(71)42(72)46(89-55)50(76)64-32(52(78)85-11)14-17-38(68)82-8/h28,31-34,36-37,41-49,55-56,71-75H,14-27,29H2,1-13H3,(H,64,76)(H,65,77)(H,66,81)/t31-,32-,33-,34-,36-,37-,41-,42-,43-,44-,45+,46-,47-,48+,49+,55-,56-,59+,60-,61-,62+,63+/m0/s1. The number of ketones is 1. The molecule has 91 heavy (non-hydrogen) atoms. The Balaban J connectivity index is 1.18. The molecule has 0 radical (unpaired) electrons. The summed E-state index contributed by atoms with van der Waals surface area (Å²) < 4.78 is 53.9. The Labute approximate surface area is 529 Å². The zero-order valence-corrected chi connectivity index (χ0v) is 54.4. The molecule has 2 saturated heterocycles. The molecule has 28 nitrogen and oxygen atoms in total. The number of hydrogen-bond acceptors (Lipinski definition) is 25. The van der Waals surface area contributed by atoms with Gasteiger partial charge < -0.3 is 88.9 Å². The Morgan fingerprint density at radius 1 is 0.549 bits per heavy atom. The minimum atomic E-state index is -2.22. The van der Waals surface area contributed by atoms with Crippen LogP contribution in [0.3, 0.4) is 0 Å². The van der Waals surface area contributed by atoms with Gasteiger partial charge in [-0.2, -0.15) is 0 Å². The first-order valence-corrected chi connectivity index (χ1v) is 31.2. The zero-order valence-electron chi connectivity index (χ0n) is 54.4. The van der Waals surface area contributed by atoms with Crippen molar-refractivity contribution >= 4 is 59.3 Å². The molecule has 512 valence electrons. The van der Waals surface area contributed by atoms with Gasteiger partial charge in [-0.25, -0.2) is 14.4 Å². The van der Waals surface area contributed by atoms with E-state index in [1.165, 1.54) is 14.2 Å². The van der Waals surface area contributed by atoms with Gasteiger partial charge in [-0.3, -0.25) is 33.6 Å². The second-order valence-corrected chi connectivity index (χ2v) is 27.7. The van der Waals surface area contributed by atoms with E-state index in [9.17, 15) is 68.7 Å². The molecule has 0 spiro atoms. The van der Waals surface area contributed by atoms with E-state index < -0.39 is 166 Å². The second kappa shape index (κ2) is 28.5. The molecular weight excluding hydrogens is 1200 g/mol. The smallest absolute Gasteiger partial charge is 0.328 e. The number of aliphatic hydroxyl groups excluding tert-OH is 5. The maximum Gasteiger partial charge on any atom is 0.328 e. The largest absolute Gasteiger partial charge is 0.469 e. The van der Waals surface area contributed by atoms with Crippen molar-refractivity contribution in [2.75, 3.05) is 42.7 Å². The molecule has 0 aromatic heterocycles. The van der Waals surface area contributed by atoms with Gasteiger partial charge in [-0.05, 0) is 122 Å². The van der Waals surface area contributed by atoms with Gasteiger partial charge in [0.05, 0.1) is 48.8 Å². The van der Waals surface area contributed by atoms with Crippen LogP contribution in [0, 0.1) is 50.2 Å². The lowest BCUT2D eigenvalue weighted by molar-refractivity contribution is -0.369. The molecule has 0 aromatic rings. The van der Waals surface area contributed by atoms with Gasteiger partial charge in [0.2, 0.25) is 5.91 Å². The highest BCUT2D eigenvalue weighted by atomic mass is 16.8. The summed E-state index contributed by atoms with van der Waals surface area (Å²) in [6.45, 7) is 14.6. The number of rotatable bonds is 22. The highest BCUT2D eigenvalue weighted by Gasteiger charge is 2.71. The summed E-state index contributed by atoms with van der Waals surface area (Å²) in [6.07, 6.45) is -16.6. The van der Waals surface area contributed by atoms with E-state index in [-0.39, 0.29) is 73.9 Å². The van der Waals surface area contributed by atoms with Crippen molar-refractivity contribution < 1.29 is 121 Å². The Morgan fingerprint density at radius 3 is 1.52 bits per heavy atom. The van der Waals surface area contributed by atoms with E-state index in [1.807, 2.05) is 26.8 Å². The summed E-state index contributed by atoms with van der Waals surface area (Å²) in [5.74, 6) is -8.39. The van der Waals surface area contributed by atoms with Crippen LogP contribution in [0.2, 0.25) is 0 Å². The minimum Gasteiger partial charge on any atom is -0.469 e. The average Bonchev–Trinajstić information content (AvgIpc) is 0.675. The number of carbonyl (C=O) groups excluding carboxylic acids is 10. The molecule has 8 N–H and O–H groups in total. The third kappa shape index (κ3) is 14.1. The van der Waals surface area contributed by atoms with Crippen LogP contribution in [0.25, 0.3) is 0 Å². The molecule has 0 aromatic carbocycles. The molecule has 3 amide bonds. The lowest BCUT2D eigenvalue weighted by atomic mass is 9.33. The van der Waals surface area contributed by atoms with Gasteiger partial charge in [0.25, 0.3) is 11.8 Å². The van der Waals surface area contributed by atoms with Crippen LogP contribution in [-0.2, 0) is 95.3 Å². The quantitative estimate of drug-likeness (QED) is 0.0423. The molecule has 0 bridgehead atoms. The summed E-state index contributed by atoms with van der Waals surface area (Å²) in [5, 5.41) is 65.2. The number of esters is 6. The lowest BCUT2D eigenvalue weighted by Crippen LogP contribution is -2.69. The fraction of sp³-hybridized carbons (Fsp3) is 0.810. The highest BCUT2D eigenvalue weighted by Crippen LogP contribution is 2.75. The number of allylic oxidation sites excluding steroid dienone is 2. The molecule has 0 unspecified atom stereocenters. The van der Waals surface area contributed by atoms with E-state index in [1.54, 1.807) is 0 Å². The molecule has 4 saturated carbocycles. The van der Waals surface area contributed by atoms with Crippen LogP contribution in [0.4, 0.5) is 0 Å². The van der Waals surface area contributed by atoms with Crippen LogP contribution < -0.4 is 16.0 Å². The summed E-state index contributed by atoms with van der Waals surface area (Å²) in [7, 11) is 6.76. The lowest BCUT2D eigenvalue weighted by Gasteiger charge is -2.70. The van der Waals surface area contributed by atoms with Crippen molar-refractivity contribution in [3.8, 4) is 0 Å². The predicted molar refractivity (Wildman–Crippen MR) is 312 cm³/mol. The number of nitrogens with one attached hydrogen (secondary N) is 3. The number of amides is 3. The predicted octanol–water partition coefficient (Wildman–Crippen LogP) is 0.825. The van der Waals surface area contributed by atoms with Gasteiger partial charge in [0, 0.05) is 30.6 Å². The number of methoxy groups -OCH3 is 6. The first-order valence-electron chi connectivity index (χ1n) is 31.2. The maximum atomic E-state index is 15.5. The molecule has 28 heteroatoms. The van der Waals surface area contributed by atoms with Crippen LogP contribution in [0.1, 0.15) is 145 Å². The van der Waals surface area contributed by atoms with Crippen molar-refractivity contribution in [3.05, 3.63) is 11.6 Å².